The summed E-state index contributed by atoms with van der Waals surface area (Å²) in [7, 11) is 0. The third-order valence-electron chi connectivity index (χ3n) is 3.11. The van der Waals surface area contributed by atoms with Gasteiger partial charge in [-0.05, 0) is 49.2 Å². The molecule has 0 heterocycles. The molecule has 1 N–H and O–H groups in total. The molecule has 0 spiro atoms. The van der Waals surface area contributed by atoms with E-state index < -0.39 is 0 Å². The second-order valence-corrected chi connectivity index (χ2v) is 5.15. The number of nitrogens with one attached hydrogen (secondary N) is 1. The number of aryl methyl sites for hydroxylation is 1. The van der Waals surface area contributed by atoms with E-state index in [1.807, 2.05) is 37.3 Å². The molecule has 0 fully saturated rings. The molecule has 0 unspecified atom stereocenters. The molecular weight excluding hydrogens is 286 g/mol. The second-order valence-electron chi connectivity index (χ2n) is 4.74. The van der Waals surface area contributed by atoms with E-state index in [1.54, 1.807) is 19.1 Å². The van der Waals surface area contributed by atoms with Gasteiger partial charge in [-0.2, -0.15) is 0 Å². The van der Waals surface area contributed by atoms with E-state index in [-0.39, 0.29) is 5.97 Å². The van der Waals surface area contributed by atoms with Crippen LogP contribution in [0, 0.1) is 6.92 Å². The molecule has 0 bridgehead atoms. The quantitative estimate of drug-likeness (QED) is 0.830. The number of carbonyl (C=O) groups is 1. The van der Waals surface area contributed by atoms with Crippen molar-refractivity contribution < 1.29 is 9.53 Å². The maximum absolute atomic E-state index is 11.7. The van der Waals surface area contributed by atoms with Crippen LogP contribution in [0.15, 0.2) is 42.5 Å². The van der Waals surface area contributed by atoms with E-state index in [9.17, 15) is 4.79 Å². The van der Waals surface area contributed by atoms with Crippen LogP contribution in [0.2, 0.25) is 5.02 Å². The molecule has 0 atom stereocenters. The molecule has 4 heteroatoms. The van der Waals surface area contributed by atoms with E-state index >= 15 is 0 Å². The fourth-order valence-electron chi connectivity index (χ4n) is 1.92. The zero-order chi connectivity index (χ0) is 15.2. The molecule has 0 aliphatic carbocycles. The van der Waals surface area contributed by atoms with Crippen molar-refractivity contribution in [1.29, 1.82) is 0 Å². The Morgan fingerprint density at radius 3 is 2.76 bits per heavy atom. The number of rotatable bonds is 5. The number of esters is 1. The maximum atomic E-state index is 11.7. The number of benzene rings is 2. The molecule has 0 radical (unpaired) electrons. The van der Waals surface area contributed by atoms with Gasteiger partial charge in [0.05, 0.1) is 12.2 Å². The van der Waals surface area contributed by atoms with Gasteiger partial charge in [-0.25, -0.2) is 4.79 Å². The molecule has 0 saturated carbocycles. The average Bonchev–Trinajstić information content (AvgIpc) is 2.49. The Bertz CT molecular complexity index is 640. The van der Waals surface area contributed by atoms with Crippen LogP contribution in [0.1, 0.15) is 28.4 Å². The lowest BCUT2D eigenvalue weighted by Crippen LogP contribution is -2.06. The first-order chi connectivity index (χ1) is 10.1. The van der Waals surface area contributed by atoms with E-state index in [0.717, 1.165) is 21.8 Å². The zero-order valence-electron chi connectivity index (χ0n) is 12.2. The molecule has 0 aromatic heterocycles. The van der Waals surface area contributed by atoms with Crippen LogP contribution < -0.4 is 5.32 Å². The summed E-state index contributed by atoms with van der Waals surface area (Å²) in [6, 6.07) is 13.2. The number of carbonyl (C=O) groups excluding carboxylic acids is 1. The number of hydrogen-bond acceptors (Lipinski definition) is 3. The van der Waals surface area contributed by atoms with Gasteiger partial charge < -0.3 is 10.1 Å². The Labute approximate surface area is 129 Å². The monoisotopic (exact) mass is 303 g/mol. The summed E-state index contributed by atoms with van der Waals surface area (Å²) >= 11 is 6.11. The van der Waals surface area contributed by atoms with Crippen LogP contribution in [-0.4, -0.2) is 12.6 Å². The molecule has 21 heavy (non-hydrogen) atoms. The molecule has 0 aliphatic rings. The average molecular weight is 304 g/mol. The molecule has 0 aliphatic heterocycles. The van der Waals surface area contributed by atoms with E-state index in [4.69, 9.17) is 16.3 Å². The fourth-order valence-corrected chi connectivity index (χ4v) is 2.12. The Hall–Kier alpha value is -2.00. The van der Waals surface area contributed by atoms with Crippen molar-refractivity contribution in [3.05, 3.63) is 64.2 Å². The van der Waals surface area contributed by atoms with Crippen molar-refractivity contribution in [2.24, 2.45) is 0 Å². The first kappa shape index (κ1) is 15.4. The highest BCUT2D eigenvalue weighted by atomic mass is 35.5. The summed E-state index contributed by atoms with van der Waals surface area (Å²) in [6.07, 6.45) is 0. The highest BCUT2D eigenvalue weighted by Gasteiger charge is 2.06. The Kier molecular flexibility index (Phi) is 5.23. The standard InChI is InChI=1S/C17H18ClNO2/c1-3-21-17(20)14-5-4-6-15(10-14)19-11-13-8-7-12(2)16(18)9-13/h4-10,19H,3,11H2,1-2H3. The van der Waals surface area contributed by atoms with Gasteiger partial charge in [-0.15, -0.1) is 0 Å². The largest absolute Gasteiger partial charge is 0.462 e. The van der Waals surface area contributed by atoms with Crippen molar-refractivity contribution in [3.63, 3.8) is 0 Å². The molecule has 0 saturated heterocycles. The molecule has 2 aromatic carbocycles. The predicted molar refractivity (Wildman–Crippen MR) is 85.9 cm³/mol. The SMILES string of the molecule is CCOC(=O)c1cccc(NCc2ccc(C)c(Cl)c2)c1. The first-order valence-electron chi connectivity index (χ1n) is 6.86. The van der Waals surface area contributed by atoms with Gasteiger partial charge >= 0.3 is 5.97 Å². The smallest absolute Gasteiger partial charge is 0.338 e. The fraction of sp³-hybridized carbons (Fsp3) is 0.235. The van der Waals surface area contributed by atoms with Crippen LogP contribution in [0.4, 0.5) is 5.69 Å². The Morgan fingerprint density at radius 2 is 2.05 bits per heavy atom. The Morgan fingerprint density at radius 1 is 1.24 bits per heavy atom. The second kappa shape index (κ2) is 7.14. The van der Waals surface area contributed by atoms with Crippen molar-refractivity contribution in [2.75, 3.05) is 11.9 Å². The third-order valence-corrected chi connectivity index (χ3v) is 3.51. The van der Waals surface area contributed by atoms with Gasteiger partial charge in [0.25, 0.3) is 0 Å². The minimum absolute atomic E-state index is 0.306. The van der Waals surface area contributed by atoms with Gasteiger partial charge in [0.1, 0.15) is 0 Å². The third kappa shape index (κ3) is 4.23. The van der Waals surface area contributed by atoms with Crippen molar-refractivity contribution in [2.45, 2.75) is 20.4 Å². The lowest BCUT2D eigenvalue weighted by atomic mass is 10.1. The van der Waals surface area contributed by atoms with Crippen molar-refractivity contribution in [3.8, 4) is 0 Å². The van der Waals surface area contributed by atoms with Crippen molar-refractivity contribution in [1.82, 2.24) is 0 Å². The molecule has 0 amide bonds. The summed E-state index contributed by atoms with van der Waals surface area (Å²) in [6.45, 7) is 4.79. The summed E-state index contributed by atoms with van der Waals surface area (Å²) < 4.78 is 4.99. The number of ether oxygens (including phenoxy) is 1. The van der Waals surface area contributed by atoms with Gasteiger partial charge in [0.2, 0.25) is 0 Å². The summed E-state index contributed by atoms with van der Waals surface area (Å²) in [5, 5.41) is 4.04. The normalized spacial score (nSPS) is 10.2. The summed E-state index contributed by atoms with van der Waals surface area (Å²) in [4.78, 5) is 11.7. The Balaban J connectivity index is 2.04. The number of anilines is 1. The molecular formula is C17H18ClNO2. The molecule has 2 aromatic rings. The van der Waals surface area contributed by atoms with Crippen LogP contribution in [0.25, 0.3) is 0 Å². The minimum atomic E-state index is -0.306. The highest BCUT2D eigenvalue weighted by Crippen LogP contribution is 2.18. The predicted octanol–water partition coefficient (Wildman–Crippen LogP) is 4.44. The van der Waals surface area contributed by atoms with E-state index in [1.165, 1.54) is 0 Å². The van der Waals surface area contributed by atoms with Crippen molar-refractivity contribution >= 4 is 23.3 Å². The van der Waals surface area contributed by atoms with Crippen LogP contribution in [0.3, 0.4) is 0 Å². The van der Waals surface area contributed by atoms with Crippen LogP contribution >= 0.6 is 11.6 Å². The van der Waals surface area contributed by atoms with E-state index in [0.29, 0.717) is 18.7 Å². The molecule has 3 nitrogen and oxygen atoms in total. The van der Waals surface area contributed by atoms with E-state index in [2.05, 4.69) is 5.32 Å². The van der Waals surface area contributed by atoms with Crippen LogP contribution in [-0.2, 0) is 11.3 Å². The van der Waals surface area contributed by atoms with Gasteiger partial charge in [0.15, 0.2) is 0 Å². The molecule has 2 rings (SSSR count). The lowest BCUT2D eigenvalue weighted by Gasteiger charge is -2.09. The zero-order valence-corrected chi connectivity index (χ0v) is 12.9. The lowest BCUT2D eigenvalue weighted by molar-refractivity contribution is 0.0526. The topological polar surface area (TPSA) is 38.3 Å². The number of hydrogen-bond donors (Lipinski definition) is 1. The summed E-state index contributed by atoms with van der Waals surface area (Å²) in [5.41, 5.74) is 3.57. The van der Waals surface area contributed by atoms with Gasteiger partial charge in [0, 0.05) is 17.3 Å². The minimum Gasteiger partial charge on any atom is -0.462 e. The number of halogens is 1. The maximum Gasteiger partial charge on any atom is 0.338 e. The summed E-state index contributed by atoms with van der Waals surface area (Å²) in [5.74, 6) is -0.306. The first-order valence-corrected chi connectivity index (χ1v) is 7.24. The van der Waals surface area contributed by atoms with Gasteiger partial charge in [-0.1, -0.05) is 29.8 Å². The molecule has 110 valence electrons. The van der Waals surface area contributed by atoms with Crippen LogP contribution in [0.5, 0.6) is 0 Å². The highest BCUT2D eigenvalue weighted by molar-refractivity contribution is 6.31. The van der Waals surface area contributed by atoms with Gasteiger partial charge in [-0.3, -0.25) is 0 Å².